The Morgan fingerprint density at radius 2 is 2.25 bits per heavy atom. The van der Waals surface area contributed by atoms with Gasteiger partial charge in [-0.2, -0.15) is 0 Å². The van der Waals surface area contributed by atoms with Crippen molar-refractivity contribution in [3.8, 4) is 0 Å². The molecular formula is C12H18ClNOS. The topological polar surface area (TPSA) is 29.1 Å². The van der Waals surface area contributed by atoms with Gasteiger partial charge in [-0.05, 0) is 38.8 Å². The molecule has 0 spiro atoms. The third-order valence-corrected chi connectivity index (χ3v) is 3.99. The first-order valence-electron chi connectivity index (χ1n) is 5.45. The monoisotopic (exact) mass is 259 g/mol. The molecule has 1 aromatic rings. The highest BCUT2D eigenvalue weighted by Crippen LogP contribution is 2.19. The maximum atomic E-state index is 12.0. The van der Waals surface area contributed by atoms with E-state index in [2.05, 4.69) is 12.2 Å². The number of rotatable bonds is 5. The largest absolute Gasteiger partial charge is 0.346 e. The zero-order chi connectivity index (χ0) is 12.2. The Kier molecular flexibility index (Phi) is 4.81. The number of hydrogen-bond donors (Lipinski definition) is 1. The van der Waals surface area contributed by atoms with Crippen molar-refractivity contribution in [3.63, 3.8) is 0 Å². The molecule has 0 bridgehead atoms. The fourth-order valence-corrected chi connectivity index (χ4v) is 2.61. The van der Waals surface area contributed by atoms with E-state index in [1.807, 2.05) is 26.0 Å². The third-order valence-electron chi connectivity index (χ3n) is 2.81. The Bertz CT molecular complexity index is 364. The van der Waals surface area contributed by atoms with Crippen LogP contribution in [-0.4, -0.2) is 17.3 Å². The minimum Gasteiger partial charge on any atom is -0.346 e. The van der Waals surface area contributed by atoms with Gasteiger partial charge in [0.15, 0.2) is 0 Å². The van der Waals surface area contributed by atoms with Crippen LogP contribution in [-0.2, 0) is 0 Å². The number of hydrogen-bond acceptors (Lipinski definition) is 2. The Balaban J connectivity index is 2.69. The summed E-state index contributed by atoms with van der Waals surface area (Å²) < 4.78 is 0. The molecule has 1 heterocycles. The van der Waals surface area contributed by atoms with Crippen molar-refractivity contribution in [2.45, 2.75) is 39.2 Å². The summed E-state index contributed by atoms with van der Waals surface area (Å²) in [4.78, 5) is 13.9. The normalized spacial score (nSPS) is 14.5. The van der Waals surface area contributed by atoms with Gasteiger partial charge < -0.3 is 5.32 Å². The molecule has 1 aromatic heterocycles. The Morgan fingerprint density at radius 3 is 2.69 bits per heavy atom. The molecule has 16 heavy (non-hydrogen) atoms. The van der Waals surface area contributed by atoms with E-state index in [9.17, 15) is 4.79 Å². The van der Waals surface area contributed by atoms with Gasteiger partial charge in [-0.25, -0.2) is 0 Å². The summed E-state index contributed by atoms with van der Waals surface area (Å²) >= 11 is 7.27. The number of amides is 1. The van der Waals surface area contributed by atoms with Gasteiger partial charge in [0.2, 0.25) is 0 Å². The molecule has 0 fully saturated rings. The summed E-state index contributed by atoms with van der Waals surface area (Å²) in [5, 5.41) is 3.06. The van der Waals surface area contributed by atoms with Gasteiger partial charge in [-0.15, -0.1) is 22.9 Å². The number of thiophene rings is 1. The van der Waals surface area contributed by atoms with Crippen LogP contribution < -0.4 is 5.32 Å². The standard InChI is InChI=1S/C12H18ClNOS/c1-4-12(3,7-8-13)14-11(15)10-6-5-9(2)16-10/h5-6H,4,7-8H2,1-3H3,(H,14,15). The van der Waals surface area contributed by atoms with E-state index in [1.165, 1.54) is 11.3 Å². The zero-order valence-corrected chi connectivity index (χ0v) is 11.5. The summed E-state index contributed by atoms with van der Waals surface area (Å²) in [7, 11) is 0. The molecule has 0 aliphatic heterocycles. The predicted molar refractivity (Wildman–Crippen MR) is 70.6 cm³/mol. The van der Waals surface area contributed by atoms with Gasteiger partial charge in [0.1, 0.15) is 0 Å². The highest BCUT2D eigenvalue weighted by molar-refractivity contribution is 7.13. The summed E-state index contributed by atoms with van der Waals surface area (Å²) in [5.74, 6) is 0.571. The van der Waals surface area contributed by atoms with Crippen LogP contribution in [0.3, 0.4) is 0 Å². The van der Waals surface area contributed by atoms with Crippen LogP contribution >= 0.6 is 22.9 Å². The number of nitrogens with one attached hydrogen (secondary N) is 1. The molecule has 1 rings (SSSR count). The lowest BCUT2D eigenvalue weighted by atomic mass is 9.95. The van der Waals surface area contributed by atoms with Gasteiger partial charge in [0.05, 0.1) is 4.88 Å². The summed E-state index contributed by atoms with van der Waals surface area (Å²) in [5.41, 5.74) is -0.198. The number of alkyl halides is 1. The van der Waals surface area contributed by atoms with Crippen LogP contribution in [0.2, 0.25) is 0 Å². The molecule has 90 valence electrons. The van der Waals surface area contributed by atoms with Crippen molar-refractivity contribution in [1.29, 1.82) is 0 Å². The molecule has 0 aromatic carbocycles. The van der Waals surface area contributed by atoms with E-state index in [1.54, 1.807) is 0 Å². The quantitative estimate of drug-likeness (QED) is 0.805. The molecule has 4 heteroatoms. The minimum atomic E-state index is -0.198. The number of aryl methyl sites for hydroxylation is 1. The molecule has 0 saturated carbocycles. The van der Waals surface area contributed by atoms with Crippen LogP contribution in [0.25, 0.3) is 0 Å². The maximum absolute atomic E-state index is 12.0. The van der Waals surface area contributed by atoms with E-state index >= 15 is 0 Å². The van der Waals surface area contributed by atoms with Gasteiger partial charge >= 0.3 is 0 Å². The zero-order valence-electron chi connectivity index (χ0n) is 9.97. The molecule has 0 saturated heterocycles. The van der Waals surface area contributed by atoms with E-state index in [-0.39, 0.29) is 11.4 Å². The van der Waals surface area contributed by atoms with Crippen molar-refractivity contribution in [2.24, 2.45) is 0 Å². The molecule has 0 radical (unpaired) electrons. The molecular weight excluding hydrogens is 242 g/mol. The third kappa shape index (κ3) is 3.49. The highest BCUT2D eigenvalue weighted by Gasteiger charge is 2.24. The SMILES string of the molecule is CCC(C)(CCCl)NC(=O)c1ccc(C)s1. The van der Waals surface area contributed by atoms with E-state index in [0.717, 1.165) is 22.6 Å². The van der Waals surface area contributed by atoms with Crippen LogP contribution in [0.5, 0.6) is 0 Å². The molecule has 0 aliphatic rings. The minimum absolute atomic E-state index is 0.00701. The van der Waals surface area contributed by atoms with Gasteiger partial charge in [0, 0.05) is 16.3 Å². The molecule has 0 aliphatic carbocycles. The van der Waals surface area contributed by atoms with Crippen molar-refractivity contribution >= 4 is 28.8 Å². The molecule has 1 atom stereocenters. The lowest BCUT2D eigenvalue weighted by Crippen LogP contribution is -2.45. The average Bonchev–Trinajstić information content (AvgIpc) is 2.65. The number of carbonyl (C=O) groups is 1. The maximum Gasteiger partial charge on any atom is 0.261 e. The van der Waals surface area contributed by atoms with Crippen LogP contribution in [0.15, 0.2) is 12.1 Å². The first-order valence-corrected chi connectivity index (χ1v) is 6.81. The van der Waals surface area contributed by atoms with Crippen molar-refractivity contribution in [3.05, 3.63) is 21.9 Å². The second-order valence-electron chi connectivity index (χ2n) is 4.22. The second-order valence-corrected chi connectivity index (χ2v) is 5.88. The first-order chi connectivity index (χ1) is 7.50. The number of halogens is 1. The smallest absolute Gasteiger partial charge is 0.261 e. The second kappa shape index (κ2) is 5.69. The fourth-order valence-electron chi connectivity index (χ4n) is 1.43. The van der Waals surface area contributed by atoms with Gasteiger partial charge in [0.25, 0.3) is 5.91 Å². The highest BCUT2D eigenvalue weighted by atomic mass is 35.5. The van der Waals surface area contributed by atoms with Gasteiger partial charge in [-0.1, -0.05) is 6.92 Å². The van der Waals surface area contributed by atoms with Crippen molar-refractivity contribution in [1.82, 2.24) is 5.32 Å². The Morgan fingerprint density at radius 1 is 1.56 bits per heavy atom. The van der Waals surface area contributed by atoms with E-state index < -0.39 is 0 Å². The lowest BCUT2D eigenvalue weighted by molar-refractivity contribution is 0.0906. The van der Waals surface area contributed by atoms with Crippen LogP contribution in [0.1, 0.15) is 41.2 Å². The average molecular weight is 260 g/mol. The molecule has 1 amide bonds. The summed E-state index contributed by atoms with van der Waals surface area (Å²) in [6.45, 7) is 6.10. The fraction of sp³-hybridized carbons (Fsp3) is 0.583. The molecule has 2 nitrogen and oxygen atoms in total. The molecule has 1 N–H and O–H groups in total. The predicted octanol–water partition coefficient (Wildman–Crippen LogP) is 3.58. The van der Waals surface area contributed by atoms with Crippen LogP contribution in [0.4, 0.5) is 0 Å². The first kappa shape index (κ1) is 13.5. The van der Waals surface area contributed by atoms with E-state index in [4.69, 9.17) is 11.6 Å². The van der Waals surface area contributed by atoms with Crippen LogP contribution in [0, 0.1) is 6.92 Å². The summed E-state index contributed by atoms with van der Waals surface area (Å²) in [6.07, 6.45) is 1.68. The summed E-state index contributed by atoms with van der Waals surface area (Å²) in [6, 6.07) is 3.83. The van der Waals surface area contributed by atoms with Crippen molar-refractivity contribution < 1.29 is 4.79 Å². The van der Waals surface area contributed by atoms with Gasteiger partial charge in [-0.3, -0.25) is 4.79 Å². The Labute approximate surface area is 106 Å². The lowest BCUT2D eigenvalue weighted by Gasteiger charge is -2.28. The van der Waals surface area contributed by atoms with E-state index in [0.29, 0.717) is 5.88 Å². The Hall–Kier alpha value is -0.540. The molecule has 1 unspecified atom stereocenters. The van der Waals surface area contributed by atoms with Crippen molar-refractivity contribution in [2.75, 3.05) is 5.88 Å². The number of carbonyl (C=O) groups excluding carboxylic acids is 1.